The Hall–Kier alpha value is -1.10. The summed E-state index contributed by atoms with van der Waals surface area (Å²) in [5.41, 5.74) is 0.680. The van der Waals surface area contributed by atoms with Crippen LogP contribution in [0.15, 0.2) is 24.3 Å². The van der Waals surface area contributed by atoms with Crippen molar-refractivity contribution in [3.63, 3.8) is 0 Å². The van der Waals surface area contributed by atoms with Gasteiger partial charge in [-0.25, -0.2) is 0 Å². The van der Waals surface area contributed by atoms with Crippen LogP contribution < -0.4 is 10.6 Å². The number of carbonyl (C=O) groups is 1. The van der Waals surface area contributed by atoms with Gasteiger partial charge in [-0.1, -0.05) is 17.7 Å². The summed E-state index contributed by atoms with van der Waals surface area (Å²) in [6, 6.07) is 6.99. The van der Waals surface area contributed by atoms with E-state index in [0.717, 1.165) is 0 Å². The van der Waals surface area contributed by atoms with E-state index in [1.165, 1.54) is 0 Å². The lowest BCUT2D eigenvalue weighted by Crippen LogP contribution is -2.29. The topological polar surface area (TPSA) is 61.4 Å². The van der Waals surface area contributed by atoms with Gasteiger partial charge in [-0.2, -0.15) is 0 Å². The van der Waals surface area contributed by atoms with E-state index in [4.69, 9.17) is 16.7 Å². The summed E-state index contributed by atoms with van der Waals surface area (Å²) in [5.74, 6) is -0.127. The molecule has 0 spiro atoms. The standard InChI is InChI=1S/C12H17ClN2O2/c1-9(16)5-6-14-8-12(17)15-11-4-2-3-10(13)7-11/h2-4,7,9,14,16H,5-6,8H2,1H3,(H,15,17). The molecule has 17 heavy (non-hydrogen) atoms. The first kappa shape index (κ1) is 14.0. The molecule has 0 fully saturated rings. The molecule has 0 aliphatic heterocycles. The van der Waals surface area contributed by atoms with Crippen molar-refractivity contribution in [3.8, 4) is 0 Å². The molecular weight excluding hydrogens is 240 g/mol. The van der Waals surface area contributed by atoms with E-state index in [0.29, 0.717) is 23.7 Å². The normalized spacial score (nSPS) is 12.2. The number of hydrogen-bond donors (Lipinski definition) is 3. The minimum atomic E-state index is -0.349. The molecule has 94 valence electrons. The SMILES string of the molecule is CC(O)CCNCC(=O)Nc1cccc(Cl)c1. The van der Waals surface area contributed by atoms with Crippen molar-refractivity contribution in [1.29, 1.82) is 0 Å². The fourth-order valence-corrected chi connectivity index (χ4v) is 1.47. The Balaban J connectivity index is 2.25. The number of hydrogen-bond acceptors (Lipinski definition) is 3. The number of nitrogens with one attached hydrogen (secondary N) is 2. The van der Waals surface area contributed by atoms with Gasteiger partial charge >= 0.3 is 0 Å². The zero-order chi connectivity index (χ0) is 12.7. The Kier molecular flexibility index (Phi) is 5.97. The first-order chi connectivity index (χ1) is 8.08. The molecule has 0 bridgehead atoms. The van der Waals surface area contributed by atoms with Gasteiger partial charge in [0, 0.05) is 10.7 Å². The number of carbonyl (C=O) groups excluding carboxylic acids is 1. The van der Waals surface area contributed by atoms with Crippen molar-refractivity contribution >= 4 is 23.2 Å². The maximum Gasteiger partial charge on any atom is 0.238 e. The van der Waals surface area contributed by atoms with E-state index in [9.17, 15) is 4.79 Å². The van der Waals surface area contributed by atoms with Gasteiger partial charge < -0.3 is 15.7 Å². The number of aliphatic hydroxyl groups is 1. The molecule has 0 saturated heterocycles. The van der Waals surface area contributed by atoms with E-state index in [-0.39, 0.29) is 18.6 Å². The number of anilines is 1. The molecule has 3 N–H and O–H groups in total. The summed E-state index contributed by atoms with van der Waals surface area (Å²) in [5, 5.41) is 15.3. The molecule has 1 unspecified atom stereocenters. The van der Waals surface area contributed by atoms with Crippen molar-refractivity contribution in [3.05, 3.63) is 29.3 Å². The Morgan fingerprint density at radius 2 is 2.29 bits per heavy atom. The van der Waals surface area contributed by atoms with Gasteiger partial charge in [0.05, 0.1) is 12.6 Å². The van der Waals surface area contributed by atoms with Crippen molar-refractivity contribution < 1.29 is 9.90 Å². The fourth-order valence-electron chi connectivity index (χ4n) is 1.28. The van der Waals surface area contributed by atoms with E-state index < -0.39 is 0 Å². The fraction of sp³-hybridized carbons (Fsp3) is 0.417. The van der Waals surface area contributed by atoms with Crippen molar-refractivity contribution in [1.82, 2.24) is 5.32 Å². The number of rotatable bonds is 6. The maximum absolute atomic E-state index is 11.5. The van der Waals surface area contributed by atoms with E-state index in [2.05, 4.69) is 10.6 Å². The van der Waals surface area contributed by atoms with E-state index >= 15 is 0 Å². The second-order valence-corrected chi connectivity index (χ2v) is 4.31. The smallest absolute Gasteiger partial charge is 0.238 e. The summed E-state index contributed by atoms with van der Waals surface area (Å²) in [6.45, 7) is 2.55. The third-order valence-electron chi connectivity index (χ3n) is 2.13. The summed E-state index contributed by atoms with van der Waals surface area (Å²) in [4.78, 5) is 11.5. The minimum absolute atomic E-state index is 0.127. The highest BCUT2D eigenvalue weighted by molar-refractivity contribution is 6.30. The van der Waals surface area contributed by atoms with E-state index in [1.54, 1.807) is 31.2 Å². The van der Waals surface area contributed by atoms with Crippen LogP contribution in [0.3, 0.4) is 0 Å². The molecule has 1 aromatic rings. The molecule has 1 rings (SSSR count). The lowest BCUT2D eigenvalue weighted by Gasteiger charge is -2.07. The third-order valence-corrected chi connectivity index (χ3v) is 2.37. The average Bonchev–Trinajstić information content (AvgIpc) is 2.24. The molecule has 0 aliphatic carbocycles. The van der Waals surface area contributed by atoms with Gasteiger partial charge in [-0.3, -0.25) is 4.79 Å². The monoisotopic (exact) mass is 256 g/mol. The largest absolute Gasteiger partial charge is 0.393 e. The predicted octanol–water partition coefficient (Wildman–Crippen LogP) is 1.64. The van der Waals surface area contributed by atoms with Gasteiger partial charge in [0.15, 0.2) is 0 Å². The van der Waals surface area contributed by atoms with Crippen LogP contribution in [0, 0.1) is 0 Å². The second kappa shape index (κ2) is 7.27. The molecule has 0 radical (unpaired) electrons. The molecule has 1 aromatic carbocycles. The van der Waals surface area contributed by atoms with Crippen molar-refractivity contribution in [2.45, 2.75) is 19.4 Å². The lowest BCUT2D eigenvalue weighted by molar-refractivity contribution is -0.115. The lowest BCUT2D eigenvalue weighted by atomic mass is 10.3. The first-order valence-electron chi connectivity index (χ1n) is 5.52. The van der Waals surface area contributed by atoms with Crippen molar-refractivity contribution in [2.24, 2.45) is 0 Å². The van der Waals surface area contributed by atoms with Gasteiger partial charge in [0.2, 0.25) is 5.91 Å². The Bertz CT molecular complexity index is 369. The van der Waals surface area contributed by atoms with Gasteiger partial charge in [-0.15, -0.1) is 0 Å². The molecule has 0 aromatic heterocycles. The summed E-state index contributed by atoms with van der Waals surface area (Å²) in [6.07, 6.45) is 0.281. The number of aliphatic hydroxyl groups excluding tert-OH is 1. The first-order valence-corrected chi connectivity index (χ1v) is 5.90. The van der Waals surface area contributed by atoms with E-state index in [1.807, 2.05) is 0 Å². The van der Waals surface area contributed by atoms with Crippen LogP contribution in [0.2, 0.25) is 5.02 Å². The third kappa shape index (κ3) is 6.26. The summed E-state index contributed by atoms with van der Waals surface area (Å²) < 4.78 is 0. The summed E-state index contributed by atoms with van der Waals surface area (Å²) in [7, 11) is 0. The van der Waals surface area contributed by atoms with Crippen LogP contribution in [0.5, 0.6) is 0 Å². The molecule has 5 heteroatoms. The minimum Gasteiger partial charge on any atom is -0.393 e. The van der Waals surface area contributed by atoms with Crippen LogP contribution in [0.1, 0.15) is 13.3 Å². The molecule has 1 amide bonds. The van der Waals surface area contributed by atoms with Gasteiger partial charge in [0.1, 0.15) is 0 Å². The molecule has 1 atom stereocenters. The molecule has 0 heterocycles. The molecule has 0 saturated carbocycles. The van der Waals surface area contributed by atoms with Crippen molar-refractivity contribution in [2.75, 3.05) is 18.4 Å². The number of amides is 1. The van der Waals surface area contributed by atoms with Crippen LogP contribution in [-0.2, 0) is 4.79 Å². The zero-order valence-corrected chi connectivity index (χ0v) is 10.5. The quantitative estimate of drug-likeness (QED) is 0.678. The van der Waals surface area contributed by atoms with Gasteiger partial charge in [0.25, 0.3) is 0 Å². The van der Waals surface area contributed by atoms with Crippen LogP contribution >= 0.6 is 11.6 Å². The van der Waals surface area contributed by atoms with Crippen LogP contribution in [-0.4, -0.2) is 30.2 Å². The highest BCUT2D eigenvalue weighted by Crippen LogP contribution is 2.14. The Labute approximate surface area is 106 Å². The maximum atomic E-state index is 11.5. The van der Waals surface area contributed by atoms with Crippen LogP contribution in [0.4, 0.5) is 5.69 Å². The molecule has 0 aliphatic rings. The zero-order valence-electron chi connectivity index (χ0n) is 9.74. The predicted molar refractivity (Wildman–Crippen MR) is 69.2 cm³/mol. The second-order valence-electron chi connectivity index (χ2n) is 3.87. The Morgan fingerprint density at radius 1 is 1.53 bits per heavy atom. The van der Waals surface area contributed by atoms with Crippen LogP contribution in [0.25, 0.3) is 0 Å². The Morgan fingerprint density at radius 3 is 2.94 bits per heavy atom. The number of halogens is 1. The van der Waals surface area contributed by atoms with Gasteiger partial charge in [-0.05, 0) is 38.1 Å². The highest BCUT2D eigenvalue weighted by atomic mass is 35.5. The highest BCUT2D eigenvalue weighted by Gasteiger charge is 2.02. The summed E-state index contributed by atoms with van der Waals surface area (Å²) >= 11 is 5.80. The molecular formula is C12H17ClN2O2. The molecule has 4 nitrogen and oxygen atoms in total. The average molecular weight is 257 g/mol. The number of benzene rings is 1.